The highest BCUT2D eigenvalue weighted by Crippen LogP contribution is 2.34. The van der Waals surface area contributed by atoms with Crippen LogP contribution in [0.1, 0.15) is 33.0 Å². The number of carbonyl (C=O) groups is 1. The van der Waals surface area contributed by atoms with Gasteiger partial charge in [0.1, 0.15) is 10.6 Å². The molecule has 1 aliphatic carbocycles. The van der Waals surface area contributed by atoms with Gasteiger partial charge in [0.05, 0.1) is 12.5 Å². The first-order chi connectivity index (χ1) is 12.5. The van der Waals surface area contributed by atoms with Crippen LogP contribution < -0.4 is 16.0 Å². The summed E-state index contributed by atoms with van der Waals surface area (Å²) < 4.78 is 4.97. The van der Waals surface area contributed by atoms with Crippen LogP contribution in [-0.4, -0.2) is 28.2 Å². The monoisotopic (exact) mass is 373 g/mol. The normalized spacial score (nSPS) is 12.4. The van der Waals surface area contributed by atoms with E-state index >= 15 is 0 Å². The number of aromatic carboxylic acids is 1. The Labute approximate surface area is 153 Å². The maximum absolute atomic E-state index is 11.8. The van der Waals surface area contributed by atoms with E-state index in [4.69, 9.17) is 15.6 Å². The minimum atomic E-state index is -1.20. The van der Waals surface area contributed by atoms with Crippen LogP contribution in [0.5, 0.6) is 5.75 Å². The lowest BCUT2D eigenvalue weighted by Gasteiger charge is -1.99. The molecular weight excluding hydrogens is 354 g/mol. The summed E-state index contributed by atoms with van der Waals surface area (Å²) in [7, 11) is 1.65. The third-order valence-corrected chi connectivity index (χ3v) is 5.36. The molecule has 0 saturated heterocycles. The zero-order chi connectivity index (χ0) is 18.7. The van der Waals surface area contributed by atoms with E-state index in [9.17, 15) is 9.59 Å². The van der Waals surface area contributed by atoms with Gasteiger partial charge in [-0.25, -0.2) is 9.78 Å². The molecule has 0 amide bonds. The molecule has 2 heterocycles. The van der Waals surface area contributed by atoms with Crippen LogP contribution in [-0.2, 0) is 19.4 Å². The molecule has 1 aliphatic rings. The van der Waals surface area contributed by atoms with E-state index in [0.29, 0.717) is 16.8 Å². The van der Waals surface area contributed by atoms with Crippen LogP contribution in [0.25, 0.3) is 10.2 Å². The zero-order valence-corrected chi connectivity index (χ0v) is 15.1. The maximum Gasteiger partial charge on any atom is 0.372 e. The number of aromatic nitrogens is 2. The number of hydrogen-bond acceptors (Lipinski definition) is 6. The van der Waals surface area contributed by atoms with Crippen molar-refractivity contribution in [3.8, 4) is 5.75 Å². The lowest BCUT2D eigenvalue weighted by Crippen LogP contribution is -2.15. The first-order valence-electron chi connectivity index (χ1n) is 8.14. The Morgan fingerprint density at radius 3 is 2.69 bits per heavy atom. The standard InChI is InChI=1S/C10H8N2O3S.C8H11NO/c13-8-6-4-2-1-3-5(4)16-9(6)12-7(11-8)10(14)15;1-10-8-4-2-7(6-9)3-5-8/h1-3H2,(H,14,15)(H,11,12,13);2-5H,6,9H2,1H3. The molecule has 0 atom stereocenters. The fourth-order valence-corrected chi connectivity index (χ4v) is 4.13. The van der Waals surface area contributed by atoms with Crippen molar-refractivity contribution in [2.75, 3.05) is 7.11 Å². The predicted octanol–water partition coefficient (Wildman–Crippen LogP) is 2.33. The molecule has 0 saturated carbocycles. The molecule has 2 aromatic heterocycles. The van der Waals surface area contributed by atoms with E-state index in [2.05, 4.69) is 9.97 Å². The third-order valence-electron chi connectivity index (χ3n) is 4.17. The molecule has 136 valence electrons. The first-order valence-corrected chi connectivity index (χ1v) is 8.96. The van der Waals surface area contributed by atoms with Crippen molar-refractivity contribution >= 4 is 27.5 Å². The summed E-state index contributed by atoms with van der Waals surface area (Å²) in [5.41, 5.74) is 7.26. The first kappa shape index (κ1) is 18.1. The Morgan fingerprint density at radius 1 is 1.35 bits per heavy atom. The molecule has 0 spiro atoms. The fraction of sp³-hybridized carbons (Fsp3) is 0.278. The predicted molar refractivity (Wildman–Crippen MR) is 100 cm³/mol. The highest BCUT2D eigenvalue weighted by Gasteiger charge is 2.22. The SMILES string of the molecule is COc1ccc(CN)cc1.O=C(O)c1nc2sc3c(c2c(=O)[nH]1)CCC3. The van der Waals surface area contributed by atoms with Crippen molar-refractivity contribution in [1.82, 2.24) is 9.97 Å². The van der Waals surface area contributed by atoms with Crippen molar-refractivity contribution < 1.29 is 14.6 Å². The number of hydrogen-bond donors (Lipinski definition) is 3. The van der Waals surface area contributed by atoms with Crippen molar-refractivity contribution in [1.29, 1.82) is 0 Å². The number of aryl methyl sites for hydroxylation is 2. The molecule has 0 aliphatic heterocycles. The van der Waals surface area contributed by atoms with Gasteiger partial charge in [0.25, 0.3) is 5.56 Å². The average Bonchev–Trinajstić information content (AvgIpc) is 3.22. The molecule has 0 radical (unpaired) electrons. The van der Waals surface area contributed by atoms with Crippen molar-refractivity contribution in [2.45, 2.75) is 25.8 Å². The summed E-state index contributed by atoms with van der Waals surface area (Å²) in [6.45, 7) is 0.587. The van der Waals surface area contributed by atoms with Gasteiger partial charge in [0, 0.05) is 11.4 Å². The number of nitrogens with two attached hydrogens (primary N) is 1. The number of methoxy groups -OCH3 is 1. The number of fused-ring (bicyclic) bond motifs is 3. The molecule has 1 aromatic carbocycles. The molecule has 3 aromatic rings. The van der Waals surface area contributed by atoms with Gasteiger partial charge in [-0.05, 0) is 42.5 Å². The molecule has 4 N–H and O–H groups in total. The van der Waals surface area contributed by atoms with E-state index in [1.807, 2.05) is 24.3 Å². The minimum absolute atomic E-state index is 0.280. The van der Waals surface area contributed by atoms with Gasteiger partial charge in [-0.15, -0.1) is 11.3 Å². The van der Waals surface area contributed by atoms with E-state index < -0.39 is 5.97 Å². The summed E-state index contributed by atoms with van der Waals surface area (Å²) in [5, 5.41) is 9.37. The summed E-state index contributed by atoms with van der Waals surface area (Å²) in [6.07, 6.45) is 2.93. The highest BCUT2D eigenvalue weighted by atomic mass is 32.1. The minimum Gasteiger partial charge on any atom is -0.497 e. The van der Waals surface area contributed by atoms with Crippen LogP contribution >= 0.6 is 11.3 Å². The lowest BCUT2D eigenvalue weighted by atomic mass is 10.2. The Balaban J connectivity index is 0.000000170. The highest BCUT2D eigenvalue weighted by molar-refractivity contribution is 7.18. The number of H-pyrrole nitrogens is 1. The topological polar surface area (TPSA) is 118 Å². The zero-order valence-electron chi connectivity index (χ0n) is 14.2. The number of nitrogens with zero attached hydrogens (tertiary/aromatic N) is 1. The smallest absolute Gasteiger partial charge is 0.372 e. The largest absolute Gasteiger partial charge is 0.497 e. The number of nitrogens with one attached hydrogen (secondary N) is 1. The number of carboxylic acids is 1. The summed E-state index contributed by atoms with van der Waals surface area (Å²) in [6, 6.07) is 7.72. The quantitative estimate of drug-likeness (QED) is 0.648. The van der Waals surface area contributed by atoms with Gasteiger partial charge in [0.2, 0.25) is 5.82 Å². The van der Waals surface area contributed by atoms with Crippen LogP contribution in [0.15, 0.2) is 29.1 Å². The van der Waals surface area contributed by atoms with Gasteiger partial charge >= 0.3 is 5.97 Å². The second kappa shape index (κ2) is 7.67. The Hall–Kier alpha value is -2.71. The van der Waals surface area contributed by atoms with Crippen molar-refractivity contribution in [2.24, 2.45) is 5.73 Å². The van der Waals surface area contributed by atoms with Crippen molar-refractivity contribution in [3.05, 3.63) is 56.4 Å². The van der Waals surface area contributed by atoms with E-state index in [0.717, 1.165) is 36.1 Å². The molecule has 4 rings (SSSR count). The average molecular weight is 373 g/mol. The Kier molecular flexibility index (Phi) is 5.34. The summed E-state index contributed by atoms with van der Waals surface area (Å²) in [5.74, 6) is -0.609. The number of thiophene rings is 1. The van der Waals surface area contributed by atoms with Crippen molar-refractivity contribution in [3.63, 3.8) is 0 Å². The number of benzene rings is 1. The van der Waals surface area contributed by atoms with Gasteiger partial charge < -0.3 is 20.6 Å². The number of aromatic amines is 1. The Bertz CT molecular complexity index is 969. The third kappa shape index (κ3) is 3.61. The van der Waals surface area contributed by atoms with Crippen LogP contribution in [0.4, 0.5) is 0 Å². The van der Waals surface area contributed by atoms with Gasteiger partial charge in [0.15, 0.2) is 0 Å². The maximum atomic E-state index is 11.8. The Morgan fingerprint density at radius 2 is 2.08 bits per heavy atom. The molecular formula is C18H19N3O4S. The molecule has 0 unspecified atom stereocenters. The molecule has 26 heavy (non-hydrogen) atoms. The molecule has 8 heteroatoms. The molecule has 0 fully saturated rings. The van der Waals surface area contributed by atoms with Crippen LogP contribution in [0.2, 0.25) is 0 Å². The van der Waals surface area contributed by atoms with Crippen LogP contribution in [0.3, 0.4) is 0 Å². The summed E-state index contributed by atoms with van der Waals surface area (Å²) in [4.78, 5) is 30.5. The van der Waals surface area contributed by atoms with E-state index in [-0.39, 0.29) is 11.4 Å². The second-order valence-corrected chi connectivity index (χ2v) is 6.89. The van der Waals surface area contributed by atoms with E-state index in [1.165, 1.54) is 16.2 Å². The number of carboxylic acid groups (broad SMARTS) is 1. The van der Waals surface area contributed by atoms with Gasteiger partial charge in [-0.2, -0.15) is 0 Å². The second-order valence-electron chi connectivity index (χ2n) is 5.81. The van der Waals surface area contributed by atoms with Crippen LogP contribution in [0, 0.1) is 0 Å². The molecule has 7 nitrogen and oxygen atoms in total. The van der Waals surface area contributed by atoms with Gasteiger partial charge in [-0.1, -0.05) is 12.1 Å². The molecule has 0 bridgehead atoms. The lowest BCUT2D eigenvalue weighted by molar-refractivity contribution is 0.0683. The summed E-state index contributed by atoms with van der Waals surface area (Å²) >= 11 is 1.44. The number of rotatable bonds is 3. The van der Waals surface area contributed by atoms with Gasteiger partial charge in [-0.3, -0.25) is 4.79 Å². The number of ether oxygens (including phenoxy) is 1. The fourth-order valence-electron chi connectivity index (χ4n) is 2.87. The van der Waals surface area contributed by atoms with E-state index in [1.54, 1.807) is 7.11 Å².